The molecule has 4 heavy (non-hydrogen) atoms. The van der Waals surface area contributed by atoms with Gasteiger partial charge in [0.05, 0.1) is 0 Å². The topological polar surface area (TPSA) is 0 Å². The molecule has 0 atom stereocenters. The summed E-state index contributed by atoms with van der Waals surface area (Å²) in [6.45, 7) is 0. The van der Waals surface area contributed by atoms with Gasteiger partial charge in [-0.2, -0.15) is 0 Å². The van der Waals surface area contributed by atoms with Gasteiger partial charge in [-0.25, -0.2) is 0 Å². The van der Waals surface area contributed by atoms with Crippen molar-refractivity contribution in [3.63, 3.8) is 0 Å². The van der Waals surface area contributed by atoms with Crippen LogP contribution in [0.2, 0.25) is 0 Å². The zero-order valence-corrected chi connectivity index (χ0v) is 6.12. The van der Waals surface area contributed by atoms with Crippen LogP contribution >= 0.6 is 0 Å². The molecule has 0 nitrogen and oxygen atoms in total. The van der Waals surface area contributed by atoms with Gasteiger partial charge >= 0.3 is 37.4 Å². The van der Waals surface area contributed by atoms with E-state index in [1.165, 1.54) is 10.0 Å². The number of rotatable bonds is 0. The summed E-state index contributed by atoms with van der Waals surface area (Å²) < 4.78 is 0. The first kappa shape index (κ1) is 9.11. The molecule has 0 bridgehead atoms. The second kappa shape index (κ2) is 8.82. The molecule has 0 aliphatic carbocycles. The Bertz CT molecular complexity index is 27.0. The number of hydrogen-bond acceptors (Lipinski definition) is 0. The van der Waals surface area contributed by atoms with E-state index in [-0.39, 0.29) is 7.43 Å². The van der Waals surface area contributed by atoms with E-state index in [9.17, 15) is 0 Å². The first-order valence-electron chi connectivity index (χ1n) is 0.272. The Labute approximate surface area is 44.8 Å². The average Bonchev–Trinajstić information content (AvgIpc) is 0.918. The molecule has 0 rings (SSSR count). The van der Waals surface area contributed by atoms with Gasteiger partial charge in [-0.15, -0.1) is 0 Å². The summed E-state index contributed by atoms with van der Waals surface area (Å²) in [5.74, 6) is 0. The van der Waals surface area contributed by atoms with Crippen LogP contribution in [-0.4, -0.2) is 27.4 Å². The van der Waals surface area contributed by atoms with Crippen LogP contribution in [0.1, 0.15) is 0 Å². The van der Waals surface area contributed by atoms with Crippen LogP contribution in [0, 0.1) is 7.43 Å². The predicted octanol–water partition coefficient (Wildman–Crippen LogP) is -0.683. The molecule has 0 aromatic heterocycles. The summed E-state index contributed by atoms with van der Waals surface area (Å²) in [4.78, 5) is 0. The standard InChI is InChI=1S/C.Co.2Se. The van der Waals surface area contributed by atoms with Crippen LogP contribution in [-0.2, 0) is 10.0 Å². The summed E-state index contributed by atoms with van der Waals surface area (Å²) in [5.41, 5.74) is 0. The van der Waals surface area contributed by atoms with Gasteiger partial charge in [0.15, 0.2) is 0 Å². The number of hydrogen-bond donors (Lipinski definition) is 0. The molecular formula is CCoSe2. The molecule has 0 aliphatic rings. The van der Waals surface area contributed by atoms with Crippen LogP contribution in [0.15, 0.2) is 0 Å². The molecule has 0 saturated carbocycles. The minimum absolute atomic E-state index is 0. The van der Waals surface area contributed by atoms with Crippen molar-refractivity contribution in [2.75, 3.05) is 0 Å². The monoisotopic (exact) mass is 231 g/mol. The third kappa shape index (κ3) is 9.62. The zero-order valence-electron chi connectivity index (χ0n) is 1.65. The van der Waals surface area contributed by atoms with Gasteiger partial charge in [-0.05, 0) is 0 Å². The van der Waals surface area contributed by atoms with E-state index in [0.29, 0.717) is 0 Å². The van der Waals surface area contributed by atoms with E-state index in [2.05, 4.69) is 27.4 Å². The Hall–Kier alpha value is 1.55. The normalized spacial score (nSPS) is 4.00. The summed E-state index contributed by atoms with van der Waals surface area (Å²) in [6, 6.07) is 0. The van der Waals surface area contributed by atoms with Crippen LogP contribution in [0.4, 0.5) is 0 Å². The molecule has 0 aliphatic heterocycles. The van der Waals surface area contributed by atoms with Crippen molar-refractivity contribution in [3.05, 3.63) is 7.43 Å². The van der Waals surface area contributed by atoms with E-state index in [4.69, 9.17) is 0 Å². The van der Waals surface area contributed by atoms with Crippen LogP contribution < -0.4 is 0 Å². The van der Waals surface area contributed by atoms with Crippen molar-refractivity contribution in [2.24, 2.45) is 0 Å². The third-order valence-corrected chi connectivity index (χ3v) is 0. The summed E-state index contributed by atoms with van der Waals surface area (Å²) in [6.07, 6.45) is 0. The maximum atomic E-state index is 2.72. The van der Waals surface area contributed by atoms with Gasteiger partial charge < -0.3 is 0 Å². The molecule has 25 valence electrons. The molecule has 4 radical (unpaired) electrons. The molecule has 0 aromatic rings. The minimum atomic E-state index is 0. The molecule has 0 heterocycles. The Kier molecular flexibility index (Phi) is 20.1. The maximum absolute atomic E-state index is 2.72. The van der Waals surface area contributed by atoms with Gasteiger partial charge in [-0.3, -0.25) is 0 Å². The average molecular weight is 229 g/mol. The van der Waals surface area contributed by atoms with Gasteiger partial charge in [0.1, 0.15) is 0 Å². The third-order valence-electron chi connectivity index (χ3n) is 0. The molecule has 0 fully saturated rings. The first-order chi connectivity index (χ1) is 1.41. The molecule has 0 N–H and O–H groups in total. The zero-order chi connectivity index (χ0) is 2.71. The Morgan fingerprint density at radius 2 is 1.25 bits per heavy atom. The quantitative estimate of drug-likeness (QED) is 0.482. The summed E-state index contributed by atoms with van der Waals surface area (Å²) in [5, 5.41) is 0. The van der Waals surface area contributed by atoms with E-state index >= 15 is 0 Å². The second-order valence-corrected chi connectivity index (χ2v) is 6.18. The molecule has 0 amide bonds. The van der Waals surface area contributed by atoms with E-state index < -0.39 is 0 Å². The van der Waals surface area contributed by atoms with Crippen LogP contribution in [0.3, 0.4) is 0 Å². The van der Waals surface area contributed by atoms with Crippen molar-refractivity contribution in [2.45, 2.75) is 0 Å². The Morgan fingerprint density at radius 3 is 1.25 bits per heavy atom. The SMILES string of the molecule is [C].[Se]=[Co]=[Se]. The fourth-order valence-electron chi connectivity index (χ4n) is 0. The van der Waals surface area contributed by atoms with Crippen molar-refractivity contribution < 1.29 is 10.0 Å². The van der Waals surface area contributed by atoms with Crippen LogP contribution in [0.5, 0.6) is 0 Å². The molecule has 0 unspecified atom stereocenters. The molecule has 0 aromatic carbocycles. The fourth-order valence-corrected chi connectivity index (χ4v) is 0. The molecule has 3 heteroatoms. The predicted molar refractivity (Wildman–Crippen MR) is 14.8 cm³/mol. The Balaban J connectivity index is 0. The van der Waals surface area contributed by atoms with Crippen LogP contribution in [0.25, 0.3) is 0 Å². The summed E-state index contributed by atoms with van der Waals surface area (Å²) in [7, 11) is 1.19. The van der Waals surface area contributed by atoms with Gasteiger partial charge in [0.2, 0.25) is 0 Å². The Morgan fingerprint density at radius 1 is 1.25 bits per heavy atom. The van der Waals surface area contributed by atoms with Gasteiger partial charge in [-0.1, -0.05) is 0 Å². The van der Waals surface area contributed by atoms with Crippen molar-refractivity contribution in [3.8, 4) is 0 Å². The van der Waals surface area contributed by atoms with Crippen molar-refractivity contribution in [1.29, 1.82) is 0 Å². The first-order valence-corrected chi connectivity index (χ1v) is 5.83. The molecule has 0 spiro atoms. The van der Waals surface area contributed by atoms with Gasteiger partial charge in [0, 0.05) is 7.43 Å². The van der Waals surface area contributed by atoms with E-state index in [1.807, 2.05) is 0 Å². The van der Waals surface area contributed by atoms with E-state index in [1.54, 1.807) is 0 Å². The fraction of sp³-hybridized carbons (Fsp3) is 0. The van der Waals surface area contributed by atoms with Crippen molar-refractivity contribution >= 4 is 27.4 Å². The molecular weight excluding hydrogens is 229 g/mol. The van der Waals surface area contributed by atoms with Gasteiger partial charge in [0.25, 0.3) is 0 Å². The second-order valence-electron chi connectivity index (χ2n) is 0.0556. The van der Waals surface area contributed by atoms with Crippen molar-refractivity contribution in [1.82, 2.24) is 0 Å². The molecule has 0 saturated heterocycles. The van der Waals surface area contributed by atoms with E-state index in [0.717, 1.165) is 0 Å². The summed E-state index contributed by atoms with van der Waals surface area (Å²) >= 11 is 5.44.